The fourth-order valence-corrected chi connectivity index (χ4v) is 10.5. The summed E-state index contributed by atoms with van der Waals surface area (Å²) in [5, 5.41) is 31.1. The number of Topliss-reactive ketones (excluding diaryl/α,β-unsaturated/α-hetero) is 2. The number of allylic oxidation sites excluding steroid dienone is 2. The van der Waals surface area contributed by atoms with Crippen molar-refractivity contribution < 1.29 is 58.3 Å². The molecule has 75 heavy (non-hydrogen) atoms. The largest absolute Gasteiger partial charge is 0.445 e. The van der Waals surface area contributed by atoms with Gasteiger partial charge in [-0.15, -0.1) is 0 Å². The molecule has 12 heteroatoms. The molecule has 1 saturated heterocycles. The summed E-state index contributed by atoms with van der Waals surface area (Å²) < 4.78 is 15.7. The minimum Gasteiger partial charge on any atom is -0.445 e. The summed E-state index contributed by atoms with van der Waals surface area (Å²) in [6.07, 6.45) is 45.6. The number of aliphatic hydroxyl groups is 3. The Bertz CT molecular complexity index is 1510. The zero-order valence-corrected chi connectivity index (χ0v) is 48.3. The average Bonchev–Trinajstić information content (AvgIpc) is 3.44. The van der Waals surface area contributed by atoms with Gasteiger partial charge in [-0.1, -0.05) is 284 Å². The van der Waals surface area contributed by atoms with Gasteiger partial charge in [0, 0.05) is 6.42 Å². The molecule has 3 N–H and O–H groups in total. The number of ketones is 3. The number of cyclic esters (lactones) is 3. The molecule has 4 atom stereocenters. The van der Waals surface area contributed by atoms with Gasteiger partial charge < -0.3 is 29.5 Å². The van der Waals surface area contributed by atoms with Crippen LogP contribution < -0.4 is 0 Å². The molecule has 0 saturated carbocycles. The van der Waals surface area contributed by atoms with E-state index >= 15 is 9.59 Å². The van der Waals surface area contributed by atoms with Crippen LogP contribution in [0.2, 0.25) is 0 Å². The normalized spacial score (nSPS) is 18.0. The highest BCUT2D eigenvalue weighted by Crippen LogP contribution is 2.39. The van der Waals surface area contributed by atoms with Gasteiger partial charge in [-0.05, 0) is 31.8 Å². The van der Waals surface area contributed by atoms with Gasteiger partial charge in [-0.25, -0.2) is 14.4 Å². The lowest BCUT2D eigenvalue weighted by Crippen LogP contribution is -2.64. The molecule has 1 aliphatic rings. The highest BCUT2D eigenvalue weighted by Gasteiger charge is 2.64. The number of rotatable bonds is 53. The number of carbonyl (C=O) groups excluding carboxylic acids is 6. The smallest absolute Gasteiger partial charge is 0.362 e. The highest BCUT2D eigenvalue weighted by atomic mass is 16.7. The maximum atomic E-state index is 15.5. The Morgan fingerprint density at radius 1 is 0.453 bits per heavy atom. The number of unbranched alkanes of at least 4 members (excludes halogenated alkanes) is 40. The SMILES string of the molecule is CCCCCCCCCCCCCCC/C=C/C(=O)C(CCCCCCCCCCCCCCCC)(C(=O)CCCCCCCCCCCCCCCCC)C(=O)C1(CO)OC(=O)C(CO)OC(=O)C(CO)OC1=O. The molecule has 12 nitrogen and oxygen atoms in total. The minimum atomic E-state index is -3.30. The van der Waals surface area contributed by atoms with Crippen molar-refractivity contribution >= 4 is 35.3 Å². The molecule has 0 spiro atoms. The number of ether oxygens (including phenoxy) is 3. The van der Waals surface area contributed by atoms with Crippen LogP contribution in [-0.4, -0.2) is 88.2 Å². The summed E-state index contributed by atoms with van der Waals surface area (Å²) in [7, 11) is 0. The summed E-state index contributed by atoms with van der Waals surface area (Å²) in [5.41, 5.74) is -5.87. The van der Waals surface area contributed by atoms with Gasteiger partial charge in [0.2, 0.25) is 18.0 Å². The Morgan fingerprint density at radius 2 is 0.787 bits per heavy atom. The van der Waals surface area contributed by atoms with Crippen LogP contribution in [0.15, 0.2) is 12.2 Å². The molecule has 0 radical (unpaired) electrons. The third-order valence-corrected chi connectivity index (χ3v) is 15.5. The third-order valence-electron chi connectivity index (χ3n) is 15.5. The summed E-state index contributed by atoms with van der Waals surface area (Å²) in [6, 6.07) is 0. The van der Waals surface area contributed by atoms with E-state index in [0.29, 0.717) is 25.7 Å². The quantitative estimate of drug-likeness (QED) is 0.0172. The van der Waals surface area contributed by atoms with E-state index < -0.39 is 78.3 Å². The van der Waals surface area contributed by atoms with Crippen molar-refractivity contribution in [2.45, 2.75) is 328 Å². The highest BCUT2D eigenvalue weighted by molar-refractivity contribution is 6.32. The second-order valence-electron chi connectivity index (χ2n) is 22.1. The van der Waals surface area contributed by atoms with Gasteiger partial charge in [0.25, 0.3) is 5.60 Å². The van der Waals surface area contributed by atoms with Gasteiger partial charge >= 0.3 is 17.9 Å². The van der Waals surface area contributed by atoms with E-state index in [4.69, 9.17) is 14.2 Å². The monoisotopic (exact) mass is 1060 g/mol. The number of aliphatic hydroxyl groups excluding tert-OH is 3. The number of esters is 3. The van der Waals surface area contributed by atoms with Crippen molar-refractivity contribution in [1.82, 2.24) is 0 Å². The number of carbonyl (C=O) groups is 6. The lowest BCUT2D eigenvalue weighted by Gasteiger charge is -2.37. The zero-order valence-electron chi connectivity index (χ0n) is 48.3. The molecule has 0 bridgehead atoms. The Labute approximate surface area is 456 Å². The van der Waals surface area contributed by atoms with Gasteiger partial charge in [-0.2, -0.15) is 0 Å². The fraction of sp³-hybridized carbons (Fsp3) is 0.873. The van der Waals surface area contributed by atoms with Gasteiger partial charge in [-0.3, -0.25) is 14.4 Å². The molecule has 0 aliphatic carbocycles. The van der Waals surface area contributed by atoms with Crippen molar-refractivity contribution in [1.29, 1.82) is 0 Å². The van der Waals surface area contributed by atoms with Crippen LogP contribution in [-0.2, 0) is 43.0 Å². The van der Waals surface area contributed by atoms with E-state index in [1.54, 1.807) is 6.08 Å². The summed E-state index contributed by atoms with van der Waals surface area (Å²) >= 11 is 0. The molecule has 0 amide bonds. The van der Waals surface area contributed by atoms with Gasteiger partial charge in [0.15, 0.2) is 17.0 Å². The number of hydrogen-bond donors (Lipinski definition) is 3. The molecular weight excluding hydrogens is 949 g/mol. The van der Waals surface area contributed by atoms with Crippen molar-refractivity contribution in [2.75, 3.05) is 19.8 Å². The molecule has 1 fully saturated rings. The first-order valence-corrected chi connectivity index (χ1v) is 31.3. The van der Waals surface area contributed by atoms with Gasteiger partial charge in [0.1, 0.15) is 6.61 Å². The Morgan fingerprint density at radius 3 is 1.15 bits per heavy atom. The second kappa shape index (κ2) is 47.1. The van der Waals surface area contributed by atoms with E-state index in [2.05, 4.69) is 20.8 Å². The first-order valence-electron chi connectivity index (χ1n) is 31.3. The van der Waals surface area contributed by atoms with Crippen LogP contribution >= 0.6 is 0 Å². The Hall–Kier alpha value is -2.96. The van der Waals surface area contributed by atoms with E-state index in [0.717, 1.165) is 77.0 Å². The van der Waals surface area contributed by atoms with Crippen molar-refractivity contribution in [3.8, 4) is 0 Å². The molecule has 0 aromatic carbocycles. The summed E-state index contributed by atoms with van der Waals surface area (Å²) in [6.45, 7) is 2.90. The molecule has 1 heterocycles. The van der Waals surface area contributed by atoms with E-state index in [-0.39, 0.29) is 19.3 Å². The average molecular weight is 1060 g/mol. The predicted octanol–water partition coefficient (Wildman–Crippen LogP) is 14.9. The topological polar surface area (TPSA) is 191 Å². The fourth-order valence-electron chi connectivity index (χ4n) is 10.5. The molecule has 1 rings (SSSR count). The lowest BCUT2D eigenvalue weighted by molar-refractivity contribution is -0.198. The third kappa shape index (κ3) is 30.1. The second-order valence-corrected chi connectivity index (χ2v) is 22.1. The van der Waals surface area contributed by atoms with Crippen molar-refractivity contribution in [2.24, 2.45) is 5.41 Å². The first-order chi connectivity index (χ1) is 36.6. The van der Waals surface area contributed by atoms with Crippen LogP contribution in [0, 0.1) is 5.41 Å². The molecule has 0 aromatic rings. The molecular formula is C63H112O12. The Kier molecular flexibility index (Phi) is 44.0. The standard InChI is InChI=1S/C63H112O12/c1-4-7-10-13-16-19-22-25-28-30-33-36-39-42-45-48-56(67)62(50-47-44-41-38-35-32-27-24-21-18-15-12-9-6-3,57(68)49-46-43-40-37-34-31-29-26-23-20-17-14-11-8-5-2)60(71)63(53-66)61(72)74-54(51-64)58(69)73-55(52-65)59(70)75-63/h45,48,54-55,64-66H,4-44,46-47,49-53H2,1-3H3/b48-45+. The zero-order chi connectivity index (χ0) is 55.1. The molecule has 436 valence electrons. The number of hydrogen-bond acceptors (Lipinski definition) is 12. The lowest BCUT2D eigenvalue weighted by atomic mass is 9.65. The van der Waals surface area contributed by atoms with Crippen LogP contribution in [0.3, 0.4) is 0 Å². The Balaban J connectivity index is 3.31. The first kappa shape index (κ1) is 70.1. The van der Waals surface area contributed by atoms with E-state index in [1.165, 1.54) is 173 Å². The summed E-state index contributed by atoms with van der Waals surface area (Å²) in [4.78, 5) is 86.0. The van der Waals surface area contributed by atoms with Crippen molar-refractivity contribution in [3.63, 3.8) is 0 Å². The van der Waals surface area contributed by atoms with E-state index in [1.807, 2.05) is 0 Å². The maximum absolute atomic E-state index is 15.5. The van der Waals surface area contributed by atoms with Crippen LogP contribution in [0.5, 0.6) is 0 Å². The van der Waals surface area contributed by atoms with Crippen LogP contribution in [0.1, 0.15) is 310 Å². The van der Waals surface area contributed by atoms with Crippen LogP contribution in [0.4, 0.5) is 0 Å². The summed E-state index contributed by atoms with van der Waals surface area (Å²) in [5.74, 6) is -7.76. The molecule has 4 unspecified atom stereocenters. The minimum absolute atomic E-state index is 0.175. The van der Waals surface area contributed by atoms with Crippen molar-refractivity contribution in [3.05, 3.63) is 12.2 Å². The van der Waals surface area contributed by atoms with E-state index in [9.17, 15) is 34.5 Å². The maximum Gasteiger partial charge on any atom is 0.362 e. The van der Waals surface area contributed by atoms with Crippen LogP contribution in [0.25, 0.3) is 0 Å². The predicted molar refractivity (Wildman–Crippen MR) is 301 cm³/mol. The molecule has 1 aliphatic heterocycles. The van der Waals surface area contributed by atoms with Gasteiger partial charge in [0.05, 0.1) is 13.2 Å². The molecule has 0 aromatic heterocycles.